The Bertz CT molecular complexity index is 947. The zero-order chi connectivity index (χ0) is 22.4. The van der Waals surface area contributed by atoms with Crippen molar-refractivity contribution in [3.63, 3.8) is 0 Å². The number of halogens is 2. The monoisotopic (exact) mass is 447 g/mol. The highest BCUT2D eigenvalue weighted by Gasteiger charge is 2.29. The van der Waals surface area contributed by atoms with Crippen molar-refractivity contribution in [1.29, 1.82) is 0 Å². The number of ether oxygens (including phenoxy) is 1. The van der Waals surface area contributed by atoms with E-state index in [2.05, 4.69) is 10.2 Å². The summed E-state index contributed by atoms with van der Waals surface area (Å²) >= 11 is 6.30. The van der Waals surface area contributed by atoms with Crippen molar-refractivity contribution in [1.82, 2.24) is 10.2 Å². The Morgan fingerprint density at radius 1 is 1.39 bits per heavy atom. The minimum atomic E-state index is -0.485. The number of non-ortho nitro benzene ring substituents is 1. The summed E-state index contributed by atoms with van der Waals surface area (Å²) in [6.07, 6.45) is 2.88. The summed E-state index contributed by atoms with van der Waals surface area (Å²) < 4.78 is 20.2. The van der Waals surface area contributed by atoms with Crippen LogP contribution in [0.2, 0.25) is 5.02 Å². The van der Waals surface area contributed by atoms with Crippen LogP contribution in [-0.2, 0) is 9.53 Å². The molecule has 31 heavy (non-hydrogen) atoms. The first-order valence-corrected chi connectivity index (χ1v) is 10.2. The van der Waals surface area contributed by atoms with Gasteiger partial charge in [-0.25, -0.2) is 4.39 Å². The number of carbonyl (C=O) groups is 1. The first kappa shape index (κ1) is 22.9. The first-order valence-electron chi connectivity index (χ1n) is 9.85. The molecule has 0 radical (unpaired) electrons. The van der Waals surface area contributed by atoms with Crippen molar-refractivity contribution < 1.29 is 18.8 Å². The van der Waals surface area contributed by atoms with Gasteiger partial charge in [0, 0.05) is 48.4 Å². The molecule has 1 aliphatic rings. The molecule has 7 nitrogen and oxygen atoms in total. The summed E-state index contributed by atoms with van der Waals surface area (Å²) in [4.78, 5) is 24.7. The van der Waals surface area contributed by atoms with Crippen molar-refractivity contribution in [2.24, 2.45) is 0 Å². The summed E-state index contributed by atoms with van der Waals surface area (Å²) in [5.41, 5.74) is 0.973. The van der Waals surface area contributed by atoms with Gasteiger partial charge in [0.2, 0.25) is 5.91 Å². The number of hydrogen-bond donors (Lipinski definition) is 1. The molecule has 3 rings (SSSR count). The second kappa shape index (κ2) is 10.5. The zero-order valence-electron chi connectivity index (χ0n) is 17.0. The zero-order valence-corrected chi connectivity index (χ0v) is 17.7. The Kier molecular flexibility index (Phi) is 7.73. The summed E-state index contributed by atoms with van der Waals surface area (Å²) in [6.45, 7) is 3.80. The van der Waals surface area contributed by atoms with E-state index in [1.54, 1.807) is 30.3 Å². The van der Waals surface area contributed by atoms with Gasteiger partial charge < -0.3 is 10.1 Å². The van der Waals surface area contributed by atoms with Gasteiger partial charge in [-0.15, -0.1) is 0 Å². The summed E-state index contributed by atoms with van der Waals surface area (Å²) in [7, 11) is 0. The fourth-order valence-corrected chi connectivity index (χ4v) is 3.80. The average Bonchev–Trinajstić information content (AvgIpc) is 2.74. The maximum atomic E-state index is 14.6. The molecule has 1 heterocycles. The van der Waals surface area contributed by atoms with Crippen LogP contribution < -0.4 is 5.32 Å². The van der Waals surface area contributed by atoms with Crippen molar-refractivity contribution in [2.45, 2.75) is 19.1 Å². The molecule has 2 unspecified atom stereocenters. The lowest BCUT2D eigenvalue weighted by atomic mass is 10.0. The van der Waals surface area contributed by atoms with Gasteiger partial charge in [-0.05, 0) is 42.8 Å². The first-order chi connectivity index (χ1) is 14.8. The predicted octanol–water partition coefficient (Wildman–Crippen LogP) is 3.98. The van der Waals surface area contributed by atoms with Crippen LogP contribution in [0.4, 0.5) is 10.1 Å². The van der Waals surface area contributed by atoms with E-state index < -0.39 is 16.8 Å². The van der Waals surface area contributed by atoms with Gasteiger partial charge >= 0.3 is 0 Å². The SMILES string of the molecule is CC1CN(C(CNC(=O)/C=C/c2ccc([N+](=O)[O-])cc2)c2c(F)cccc2Cl)CCO1. The highest BCUT2D eigenvalue weighted by Crippen LogP contribution is 2.31. The van der Waals surface area contributed by atoms with E-state index in [0.29, 0.717) is 35.8 Å². The molecule has 1 fully saturated rings. The Labute approximate surface area is 184 Å². The smallest absolute Gasteiger partial charge is 0.269 e. The van der Waals surface area contributed by atoms with Gasteiger partial charge in [0.1, 0.15) is 5.82 Å². The van der Waals surface area contributed by atoms with Crippen molar-refractivity contribution >= 4 is 29.3 Å². The standard InChI is InChI=1S/C22H23ClFN3O4/c1-15-14-26(11-12-31-15)20(22-18(23)3-2-4-19(22)24)13-25-21(28)10-7-16-5-8-17(9-6-16)27(29)30/h2-10,15,20H,11-14H2,1H3,(H,25,28)/b10-7+. The molecule has 2 atom stereocenters. The van der Waals surface area contributed by atoms with Crippen LogP contribution in [0.5, 0.6) is 0 Å². The topological polar surface area (TPSA) is 84.7 Å². The Morgan fingerprint density at radius 3 is 2.77 bits per heavy atom. The minimum Gasteiger partial charge on any atom is -0.376 e. The van der Waals surface area contributed by atoms with Gasteiger partial charge in [0.15, 0.2) is 0 Å². The lowest BCUT2D eigenvalue weighted by Crippen LogP contribution is -2.46. The largest absolute Gasteiger partial charge is 0.376 e. The molecular weight excluding hydrogens is 425 g/mol. The van der Waals surface area contributed by atoms with E-state index in [0.717, 1.165) is 0 Å². The molecule has 2 aromatic carbocycles. The molecule has 1 N–H and O–H groups in total. The van der Waals surface area contributed by atoms with E-state index in [4.69, 9.17) is 16.3 Å². The quantitative estimate of drug-likeness (QED) is 0.394. The Morgan fingerprint density at radius 2 is 2.13 bits per heavy atom. The minimum absolute atomic E-state index is 0.0143. The molecule has 0 aromatic heterocycles. The molecule has 164 valence electrons. The fraction of sp³-hybridized carbons (Fsp3) is 0.318. The number of nitrogens with zero attached hydrogens (tertiary/aromatic N) is 2. The van der Waals surface area contributed by atoms with Crippen molar-refractivity contribution in [2.75, 3.05) is 26.2 Å². The molecular formula is C22H23ClFN3O4. The number of rotatable bonds is 7. The third-order valence-corrected chi connectivity index (χ3v) is 5.38. The number of nitrogens with one attached hydrogen (secondary N) is 1. The maximum absolute atomic E-state index is 14.6. The van der Waals surface area contributed by atoms with Crippen LogP contribution in [0, 0.1) is 15.9 Å². The van der Waals surface area contributed by atoms with E-state index in [1.807, 2.05) is 6.92 Å². The fourth-order valence-electron chi connectivity index (χ4n) is 3.51. The molecule has 1 saturated heterocycles. The molecule has 1 aliphatic heterocycles. The molecule has 1 amide bonds. The normalized spacial score (nSPS) is 18.1. The van der Waals surface area contributed by atoms with Gasteiger partial charge in [0.05, 0.1) is 23.7 Å². The molecule has 0 saturated carbocycles. The molecule has 2 aromatic rings. The number of amides is 1. The second-order valence-electron chi connectivity index (χ2n) is 7.25. The second-order valence-corrected chi connectivity index (χ2v) is 7.66. The number of carbonyl (C=O) groups excluding carboxylic acids is 1. The lowest BCUT2D eigenvalue weighted by molar-refractivity contribution is -0.384. The average molecular weight is 448 g/mol. The van der Waals surface area contributed by atoms with Gasteiger partial charge in [-0.2, -0.15) is 0 Å². The highest BCUT2D eigenvalue weighted by atomic mass is 35.5. The third kappa shape index (κ3) is 6.10. The van der Waals surface area contributed by atoms with E-state index >= 15 is 0 Å². The number of nitro benzene ring substituents is 1. The molecule has 0 bridgehead atoms. The molecule has 9 heteroatoms. The Balaban J connectivity index is 1.71. The number of hydrogen-bond acceptors (Lipinski definition) is 5. The van der Waals surface area contributed by atoms with Crippen LogP contribution in [0.25, 0.3) is 6.08 Å². The van der Waals surface area contributed by atoms with Crippen LogP contribution in [0.1, 0.15) is 24.1 Å². The van der Waals surface area contributed by atoms with Gasteiger partial charge in [-0.1, -0.05) is 17.7 Å². The Hall–Kier alpha value is -2.81. The van der Waals surface area contributed by atoms with Gasteiger partial charge in [0.25, 0.3) is 5.69 Å². The van der Waals surface area contributed by atoms with E-state index in [-0.39, 0.29) is 24.2 Å². The van der Waals surface area contributed by atoms with Crippen LogP contribution in [0.3, 0.4) is 0 Å². The number of benzene rings is 2. The molecule has 0 aliphatic carbocycles. The number of morpholine rings is 1. The van der Waals surface area contributed by atoms with E-state index in [9.17, 15) is 19.3 Å². The predicted molar refractivity (Wildman–Crippen MR) is 116 cm³/mol. The third-order valence-electron chi connectivity index (χ3n) is 5.05. The number of nitro groups is 1. The van der Waals surface area contributed by atoms with Crippen LogP contribution in [-0.4, -0.2) is 48.1 Å². The van der Waals surface area contributed by atoms with Crippen LogP contribution >= 0.6 is 11.6 Å². The lowest BCUT2D eigenvalue weighted by Gasteiger charge is -2.38. The van der Waals surface area contributed by atoms with Gasteiger partial charge in [-0.3, -0.25) is 19.8 Å². The van der Waals surface area contributed by atoms with Crippen molar-refractivity contribution in [3.8, 4) is 0 Å². The maximum Gasteiger partial charge on any atom is 0.269 e. The highest BCUT2D eigenvalue weighted by molar-refractivity contribution is 6.31. The van der Waals surface area contributed by atoms with Crippen LogP contribution in [0.15, 0.2) is 48.5 Å². The summed E-state index contributed by atoms with van der Waals surface area (Å²) in [5, 5.41) is 13.8. The van der Waals surface area contributed by atoms with Crippen molar-refractivity contribution in [3.05, 3.63) is 80.6 Å². The summed E-state index contributed by atoms with van der Waals surface area (Å²) in [5.74, 6) is -0.788. The summed E-state index contributed by atoms with van der Waals surface area (Å²) in [6, 6.07) is 9.93. The van der Waals surface area contributed by atoms with E-state index in [1.165, 1.54) is 24.3 Å². The molecule has 0 spiro atoms.